The molecule has 90 valence electrons. The molecule has 1 aliphatic rings. The summed E-state index contributed by atoms with van der Waals surface area (Å²) in [5, 5.41) is 13.0. The molecule has 0 radical (unpaired) electrons. The number of anilines is 1. The van der Waals surface area contributed by atoms with Gasteiger partial charge < -0.3 is 5.32 Å². The van der Waals surface area contributed by atoms with Gasteiger partial charge in [-0.25, -0.2) is 0 Å². The van der Waals surface area contributed by atoms with Crippen LogP contribution in [0.15, 0.2) is 18.2 Å². The van der Waals surface area contributed by atoms with Gasteiger partial charge in [0.15, 0.2) is 0 Å². The molecule has 1 aliphatic carbocycles. The molecular formula is C13H14Cl2N2. The molecule has 2 rings (SSSR count). The van der Waals surface area contributed by atoms with Crippen LogP contribution in [0.4, 0.5) is 5.69 Å². The Balaban J connectivity index is 2.14. The minimum absolute atomic E-state index is 0.153. The highest BCUT2D eigenvalue weighted by atomic mass is 35.5. The van der Waals surface area contributed by atoms with E-state index in [1.807, 2.05) is 25.1 Å². The van der Waals surface area contributed by atoms with Gasteiger partial charge in [0.1, 0.15) is 0 Å². The first-order chi connectivity index (χ1) is 8.11. The molecule has 1 saturated carbocycles. The van der Waals surface area contributed by atoms with Gasteiger partial charge in [0.05, 0.1) is 11.4 Å². The maximum atomic E-state index is 8.72. The van der Waals surface area contributed by atoms with Gasteiger partial charge in [0.25, 0.3) is 0 Å². The van der Waals surface area contributed by atoms with Gasteiger partial charge in [-0.05, 0) is 36.1 Å². The highest BCUT2D eigenvalue weighted by Crippen LogP contribution is 2.34. The van der Waals surface area contributed by atoms with Crippen LogP contribution in [0.5, 0.6) is 0 Å². The first kappa shape index (κ1) is 12.5. The predicted octanol–water partition coefficient (Wildman–Crippen LogP) is 4.15. The van der Waals surface area contributed by atoms with E-state index in [-0.39, 0.29) is 11.3 Å². The summed E-state index contributed by atoms with van der Waals surface area (Å²) in [6, 6.07) is 8.39. The first-order valence-electron chi connectivity index (χ1n) is 5.69. The molecule has 4 heteroatoms. The molecule has 1 N–H and O–H groups in total. The molecule has 0 heterocycles. The summed E-state index contributed by atoms with van der Waals surface area (Å²) in [6.07, 6.45) is 1.48. The lowest BCUT2D eigenvalue weighted by Crippen LogP contribution is -2.05. The van der Waals surface area contributed by atoms with E-state index in [9.17, 15) is 0 Å². The number of rotatable bonds is 4. The Bertz CT molecular complexity index is 453. The van der Waals surface area contributed by atoms with Crippen molar-refractivity contribution in [3.63, 3.8) is 0 Å². The van der Waals surface area contributed by atoms with Gasteiger partial charge in [0, 0.05) is 23.2 Å². The SMILES string of the molecule is CC(CC#N)c1cc(NC2CC2Cl)ccc1Cl. The Morgan fingerprint density at radius 2 is 2.29 bits per heavy atom. The zero-order chi connectivity index (χ0) is 12.4. The van der Waals surface area contributed by atoms with Gasteiger partial charge >= 0.3 is 0 Å². The van der Waals surface area contributed by atoms with Crippen molar-refractivity contribution in [1.29, 1.82) is 5.26 Å². The maximum absolute atomic E-state index is 8.72. The third-order valence-corrected chi connectivity index (χ3v) is 3.82. The monoisotopic (exact) mass is 268 g/mol. The molecule has 0 amide bonds. The van der Waals surface area contributed by atoms with Crippen LogP contribution in [0.25, 0.3) is 0 Å². The zero-order valence-corrected chi connectivity index (χ0v) is 11.1. The summed E-state index contributed by atoms with van der Waals surface area (Å²) in [5.41, 5.74) is 2.05. The molecule has 0 aromatic heterocycles. The molecule has 1 aromatic carbocycles. The van der Waals surface area contributed by atoms with Gasteiger partial charge in [-0.15, -0.1) is 11.6 Å². The second-order valence-electron chi connectivity index (χ2n) is 4.50. The van der Waals surface area contributed by atoms with E-state index in [1.165, 1.54) is 0 Å². The van der Waals surface area contributed by atoms with E-state index < -0.39 is 0 Å². The fraction of sp³-hybridized carbons (Fsp3) is 0.462. The Morgan fingerprint density at radius 1 is 1.59 bits per heavy atom. The normalized spacial score (nSPS) is 23.9. The van der Waals surface area contributed by atoms with E-state index in [1.54, 1.807) is 0 Å². The quantitative estimate of drug-likeness (QED) is 0.833. The minimum Gasteiger partial charge on any atom is -0.381 e. The van der Waals surface area contributed by atoms with E-state index in [0.29, 0.717) is 12.5 Å². The molecule has 1 fully saturated rings. The summed E-state index contributed by atoms with van der Waals surface area (Å²) < 4.78 is 0. The lowest BCUT2D eigenvalue weighted by Gasteiger charge is -2.13. The average molecular weight is 269 g/mol. The number of nitrogens with one attached hydrogen (secondary N) is 1. The van der Waals surface area contributed by atoms with Crippen molar-refractivity contribution in [2.24, 2.45) is 0 Å². The lowest BCUT2D eigenvalue weighted by atomic mass is 9.98. The summed E-state index contributed by atoms with van der Waals surface area (Å²) >= 11 is 12.1. The number of hydrogen-bond donors (Lipinski definition) is 1. The van der Waals surface area contributed by atoms with Crippen LogP contribution in [0.1, 0.15) is 31.2 Å². The molecule has 1 aromatic rings. The summed E-state index contributed by atoms with van der Waals surface area (Å²) in [4.78, 5) is 0. The maximum Gasteiger partial charge on any atom is 0.0628 e. The van der Waals surface area contributed by atoms with Crippen molar-refractivity contribution < 1.29 is 0 Å². The van der Waals surface area contributed by atoms with Gasteiger partial charge in [-0.3, -0.25) is 0 Å². The number of alkyl halides is 1. The molecule has 17 heavy (non-hydrogen) atoms. The third kappa shape index (κ3) is 3.06. The van der Waals surface area contributed by atoms with E-state index in [0.717, 1.165) is 22.7 Å². The molecule has 0 saturated heterocycles. The Kier molecular flexibility index (Phi) is 3.81. The summed E-state index contributed by atoms with van der Waals surface area (Å²) in [6.45, 7) is 2.01. The van der Waals surface area contributed by atoms with Gasteiger partial charge in [-0.2, -0.15) is 5.26 Å². The average Bonchev–Trinajstić information content (AvgIpc) is 2.97. The molecule has 0 bridgehead atoms. The van der Waals surface area contributed by atoms with Crippen LogP contribution in [-0.4, -0.2) is 11.4 Å². The summed E-state index contributed by atoms with van der Waals surface area (Å²) in [7, 11) is 0. The summed E-state index contributed by atoms with van der Waals surface area (Å²) in [5.74, 6) is 0.153. The number of halogens is 2. The number of nitriles is 1. The van der Waals surface area contributed by atoms with Gasteiger partial charge in [-0.1, -0.05) is 18.5 Å². The topological polar surface area (TPSA) is 35.8 Å². The fourth-order valence-electron chi connectivity index (χ4n) is 1.79. The van der Waals surface area contributed by atoms with Crippen LogP contribution in [0.2, 0.25) is 5.02 Å². The minimum atomic E-state index is 0.153. The van der Waals surface area contributed by atoms with Crippen LogP contribution >= 0.6 is 23.2 Å². The second kappa shape index (κ2) is 5.16. The van der Waals surface area contributed by atoms with Crippen molar-refractivity contribution >= 4 is 28.9 Å². The van der Waals surface area contributed by atoms with Crippen LogP contribution in [-0.2, 0) is 0 Å². The molecule has 3 atom stereocenters. The fourth-order valence-corrected chi connectivity index (χ4v) is 2.34. The third-order valence-electron chi connectivity index (χ3n) is 2.99. The number of benzene rings is 1. The first-order valence-corrected chi connectivity index (χ1v) is 6.50. The highest BCUT2D eigenvalue weighted by molar-refractivity contribution is 6.31. The highest BCUT2D eigenvalue weighted by Gasteiger charge is 2.35. The molecule has 0 aliphatic heterocycles. The molecular weight excluding hydrogens is 255 g/mol. The molecule has 3 unspecified atom stereocenters. The van der Waals surface area contributed by atoms with Crippen LogP contribution in [0, 0.1) is 11.3 Å². The van der Waals surface area contributed by atoms with Crippen molar-refractivity contribution in [3.8, 4) is 6.07 Å². The largest absolute Gasteiger partial charge is 0.381 e. The molecule has 0 spiro atoms. The standard InChI is InChI=1S/C13H14Cl2N2/c1-8(4-5-16)10-6-9(2-3-11(10)14)17-13-7-12(13)15/h2-3,6,8,12-13,17H,4,7H2,1H3. The Morgan fingerprint density at radius 3 is 2.88 bits per heavy atom. The number of nitrogens with zero attached hydrogens (tertiary/aromatic N) is 1. The number of hydrogen-bond acceptors (Lipinski definition) is 2. The van der Waals surface area contributed by atoms with Crippen molar-refractivity contribution in [3.05, 3.63) is 28.8 Å². The van der Waals surface area contributed by atoms with Gasteiger partial charge in [0.2, 0.25) is 0 Å². The van der Waals surface area contributed by atoms with Crippen LogP contribution in [0.3, 0.4) is 0 Å². The predicted molar refractivity (Wildman–Crippen MR) is 71.8 cm³/mol. The van der Waals surface area contributed by atoms with Crippen molar-refractivity contribution in [1.82, 2.24) is 0 Å². The van der Waals surface area contributed by atoms with Crippen molar-refractivity contribution in [2.45, 2.75) is 37.1 Å². The Hall–Kier alpha value is -0.910. The van der Waals surface area contributed by atoms with E-state index in [2.05, 4.69) is 11.4 Å². The van der Waals surface area contributed by atoms with Crippen LogP contribution < -0.4 is 5.32 Å². The van der Waals surface area contributed by atoms with E-state index >= 15 is 0 Å². The lowest BCUT2D eigenvalue weighted by molar-refractivity contribution is 0.789. The second-order valence-corrected chi connectivity index (χ2v) is 5.47. The van der Waals surface area contributed by atoms with E-state index in [4.69, 9.17) is 28.5 Å². The smallest absolute Gasteiger partial charge is 0.0628 e. The van der Waals surface area contributed by atoms with Crippen molar-refractivity contribution in [2.75, 3.05) is 5.32 Å². The molecule has 2 nitrogen and oxygen atoms in total. The zero-order valence-electron chi connectivity index (χ0n) is 9.58. The Labute approximate surface area is 112 Å².